The van der Waals surface area contributed by atoms with Gasteiger partial charge in [-0.3, -0.25) is 4.79 Å². The van der Waals surface area contributed by atoms with Crippen molar-refractivity contribution in [2.45, 2.75) is 11.7 Å². The highest BCUT2D eigenvalue weighted by atomic mass is 35.5. The molecule has 122 valence electrons. The summed E-state index contributed by atoms with van der Waals surface area (Å²) in [6.45, 7) is 0. The summed E-state index contributed by atoms with van der Waals surface area (Å²) in [4.78, 5) is 12.0. The molecule has 0 saturated carbocycles. The SMILES string of the molecule is O=C1N/C(=N\N=C/c2ccc(Cl)cc2)S[C@H]1Cc1ccc(Cl)cc1. The normalized spacial score (nSPS) is 19.2. The van der Waals surface area contributed by atoms with Gasteiger partial charge in [0.25, 0.3) is 0 Å². The van der Waals surface area contributed by atoms with E-state index < -0.39 is 0 Å². The third-order valence-electron chi connectivity index (χ3n) is 3.34. The van der Waals surface area contributed by atoms with Crippen LogP contribution in [0.4, 0.5) is 0 Å². The maximum absolute atomic E-state index is 12.0. The number of carbonyl (C=O) groups is 1. The van der Waals surface area contributed by atoms with Crippen LogP contribution in [0, 0.1) is 0 Å². The Labute approximate surface area is 154 Å². The van der Waals surface area contributed by atoms with Crippen LogP contribution in [0.2, 0.25) is 10.0 Å². The summed E-state index contributed by atoms with van der Waals surface area (Å²) in [6.07, 6.45) is 2.23. The Morgan fingerprint density at radius 1 is 1.04 bits per heavy atom. The average Bonchev–Trinajstić information content (AvgIpc) is 2.91. The monoisotopic (exact) mass is 377 g/mol. The van der Waals surface area contributed by atoms with E-state index in [0.29, 0.717) is 21.6 Å². The van der Waals surface area contributed by atoms with Crippen molar-refractivity contribution in [3.8, 4) is 0 Å². The van der Waals surface area contributed by atoms with Crippen LogP contribution in [-0.4, -0.2) is 22.5 Å². The fourth-order valence-corrected chi connectivity index (χ4v) is 3.33. The van der Waals surface area contributed by atoms with E-state index in [2.05, 4.69) is 15.5 Å². The first-order chi connectivity index (χ1) is 11.6. The average molecular weight is 378 g/mol. The topological polar surface area (TPSA) is 53.8 Å². The number of thioether (sulfide) groups is 1. The van der Waals surface area contributed by atoms with Crippen LogP contribution in [0.3, 0.4) is 0 Å². The fourth-order valence-electron chi connectivity index (χ4n) is 2.12. The van der Waals surface area contributed by atoms with E-state index in [4.69, 9.17) is 23.2 Å². The zero-order chi connectivity index (χ0) is 16.9. The summed E-state index contributed by atoms with van der Waals surface area (Å²) >= 11 is 13.1. The molecule has 0 unspecified atom stereocenters. The Kier molecular flexibility index (Phi) is 5.56. The fraction of sp³-hybridized carbons (Fsp3) is 0.118. The smallest absolute Gasteiger partial charge is 0.239 e. The number of nitrogens with one attached hydrogen (secondary N) is 1. The van der Waals surface area contributed by atoms with Gasteiger partial charge in [-0.25, -0.2) is 0 Å². The number of rotatable bonds is 4. The lowest BCUT2D eigenvalue weighted by molar-refractivity contribution is -0.118. The molecule has 1 aliphatic rings. The van der Waals surface area contributed by atoms with Gasteiger partial charge in [0.15, 0.2) is 5.17 Å². The molecule has 1 fully saturated rings. The molecule has 4 nitrogen and oxygen atoms in total. The van der Waals surface area contributed by atoms with Crippen LogP contribution in [-0.2, 0) is 11.2 Å². The summed E-state index contributed by atoms with van der Waals surface area (Å²) in [5, 5.41) is 12.5. The molecule has 0 aliphatic carbocycles. The number of benzene rings is 2. The minimum absolute atomic E-state index is 0.0598. The van der Waals surface area contributed by atoms with E-state index in [9.17, 15) is 4.79 Å². The second-order valence-corrected chi connectivity index (χ2v) is 7.19. The van der Waals surface area contributed by atoms with Gasteiger partial charge in [0.1, 0.15) is 0 Å². The van der Waals surface area contributed by atoms with Gasteiger partial charge in [-0.1, -0.05) is 59.2 Å². The number of amides is 1. The molecule has 24 heavy (non-hydrogen) atoms. The molecule has 1 heterocycles. The van der Waals surface area contributed by atoms with Gasteiger partial charge in [0.05, 0.1) is 11.5 Å². The van der Waals surface area contributed by atoms with Crippen LogP contribution >= 0.6 is 35.0 Å². The van der Waals surface area contributed by atoms with Crippen LogP contribution in [0.5, 0.6) is 0 Å². The highest BCUT2D eigenvalue weighted by Gasteiger charge is 2.30. The van der Waals surface area contributed by atoms with Crippen molar-refractivity contribution in [2.24, 2.45) is 10.2 Å². The van der Waals surface area contributed by atoms with Crippen molar-refractivity contribution >= 4 is 52.3 Å². The number of hydrogen-bond donors (Lipinski definition) is 1. The summed E-state index contributed by atoms with van der Waals surface area (Å²) in [5.74, 6) is -0.0598. The van der Waals surface area contributed by atoms with E-state index in [0.717, 1.165) is 11.1 Å². The summed E-state index contributed by atoms with van der Waals surface area (Å²) in [5.41, 5.74) is 1.94. The van der Waals surface area contributed by atoms with Crippen molar-refractivity contribution in [3.63, 3.8) is 0 Å². The Morgan fingerprint density at radius 3 is 2.33 bits per heavy atom. The Balaban J connectivity index is 1.61. The van der Waals surface area contributed by atoms with Gasteiger partial charge in [-0.15, -0.1) is 5.10 Å². The molecule has 1 amide bonds. The lowest BCUT2D eigenvalue weighted by atomic mass is 10.1. The second-order valence-electron chi connectivity index (χ2n) is 5.13. The molecule has 3 rings (SSSR count). The molecule has 1 aliphatic heterocycles. The minimum atomic E-state index is -0.212. The van der Waals surface area contributed by atoms with Crippen LogP contribution in [0.1, 0.15) is 11.1 Å². The Morgan fingerprint density at radius 2 is 1.67 bits per heavy atom. The van der Waals surface area contributed by atoms with Crippen molar-refractivity contribution in [1.29, 1.82) is 0 Å². The van der Waals surface area contributed by atoms with Gasteiger partial charge in [0.2, 0.25) is 5.91 Å². The molecular formula is C17H13Cl2N3OS. The molecule has 0 spiro atoms. The van der Waals surface area contributed by atoms with Crippen molar-refractivity contribution in [1.82, 2.24) is 5.32 Å². The third kappa shape index (κ3) is 4.60. The standard InChI is InChI=1S/C17H13Cl2N3OS/c18-13-5-1-11(2-6-13)9-15-16(23)21-17(24-15)22-20-10-12-3-7-14(19)8-4-12/h1-8,10,15H,9H2,(H,21,22,23)/b20-10-/t15-/m0/s1. The van der Waals surface area contributed by atoms with Crippen LogP contribution in [0.15, 0.2) is 58.7 Å². The molecule has 7 heteroatoms. The summed E-state index contributed by atoms with van der Waals surface area (Å²) < 4.78 is 0. The Bertz CT molecular complexity index is 788. The zero-order valence-electron chi connectivity index (χ0n) is 12.4. The first-order valence-corrected chi connectivity index (χ1v) is 8.82. The van der Waals surface area contributed by atoms with E-state index in [1.807, 2.05) is 36.4 Å². The summed E-state index contributed by atoms with van der Waals surface area (Å²) in [7, 11) is 0. The number of hydrogen-bond acceptors (Lipinski definition) is 4. The van der Waals surface area contributed by atoms with E-state index in [1.54, 1.807) is 18.3 Å². The largest absolute Gasteiger partial charge is 0.303 e. The van der Waals surface area contributed by atoms with Crippen molar-refractivity contribution in [2.75, 3.05) is 0 Å². The van der Waals surface area contributed by atoms with Gasteiger partial charge in [-0.2, -0.15) is 5.10 Å². The minimum Gasteiger partial charge on any atom is -0.303 e. The maximum Gasteiger partial charge on any atom is 0.239 e. The second kappa shape index (κ2) is 7.83. The van der Waals surface area contributed by atoms with Crippen molar-refractivity contribution < 1.29 is 4.79 Å². The van der Waals surface area contributed by atoms with E-state index >= 15 is 0 Å². The number of nitrogens with zero attached hydrogens (tertiary/aromatic N) is 2. The van der Waals surface area contributed by atoms with Crippen LogP contribution < -0.4 is 5.32 Å². The molecule has 0 bridgehead atoms. The van der Waals surface area contributed by atoms with E-state index in [1.165, 1.54) is 11.8 Å². The lowest BCUT2D eigenvalue weighted by Gasteiger charge is -2.05. The number of amidine groups is 1. The van der Waals surface area contributed by atoms with Gasteiger partial charge < -0.3 is 5.32 Å². The molecule has 1 N–H and O–H groups in total. The molecule has 2 aromatic carbocycles. The zero-order valence-corrected chi connectivity index (χ0v) is 14.8. The molecule has 0 radical (unpaired) electrons. The first-order valence-electron chi connectivity index (χ1n) is 7.19. The molecule has 2 aromatic rings. The molecule has 0 aromatic heterocycles. The van der Waals surface area contributed by atoms with Gasteiger partial charge in [0, 0.05) is 10.0 Å². The highest BCUT2D eigenvalue weighted by molar-refractivity contribution is 8.15. The van der Waals surface area contributed by atoms with E-state index in [-0.39, 0.29) is 11.2 Å². The quantitative estimate of drug-likeness (QED) is 0.642. The first kappa shape index (κ1) is 17.0. The number of carbonyl (C=O) groups excluding carboxylic acids is 1. The van der Waals surface area contributed by atoms with Crippen LogP contribution in [0.25, 0.3) is 0 Å². The number of halogens is 2. The van der Waals surface area contributed by atoms with Gasteiger partial charge >= 0.3 is 0 Å². The molecule has 1 atom stereocenters. The third-order valence-corrected chi connectivity index (χ3v) is 4.91. The highest BCUT2D eigenvalue weighted by Crippen LogP contribution is 2.24. The Hall–Kier alpha value is -1.82. The predicted molar refractivity (Wildman–Crippen MR) is 101 cm³/mol. The molecular weight excluding hydrogens is 365 g/mol. The summed E-state index contributed by atoms with van der Waals surface area (Å²) in [6, 6.07) is 14.7. The lowest BCUT2D eigenvalue weighted by Crippen LogP contribution is -2.25. The van der Waals surface area contributed by atoms with Crippen molar-refractivity contribution in [3.05, 3.63) is 69.7 Å². The molecule has 1 saturated heterocycles. The predicted octanol–water partition coefficient (Wildman–Crippen LogP) is 4.16. The van der Waals surface area contributed by atoms with Gasteiger partial charge in [-0.05, 0) is 41.8 Å². The maximum atomic E-state index is 12.0.